The Morgan fingerprint density at radius 3 is 2.86 bits per heavy atom. The fourth-order valence-corrected chi connectivity index (χ4v) is 1.47. The van der Waals surface area contributed by atoms with Crippen LogP contribution in [0.25, 0.3) is 10.9 Å². The first-order chi connectivity index (χ1) is 6.77. The van der Waals surface area contributed by atoms with E-state index in [2.05, 4.69) is 4.98 Å². The minimum atomic E-state index is -0.830. The van der Waals surface area contributed by atoms with Crippen LogP contribution in [0.1, 0.15) is 5.56 Å². The highest BCUT2D eigenvalue weighted by atomic mass is 16.4. The molecule has 0 atom stereocenters. The molecule has 3 heteroatoms. The van der Waals surface area contributed by atoms with E-state index in [1.54, 1.807) is 12.3 Å². The number of hydrogen-bond donors (Lipinski definition) is 1. The lowest BCUT2D eigenvalue weighted by molar-refractivity contribution is -0.136. The standard InChI is InChI=1S/C11H9NO2/c13-10(14)7-9-4-1-3-8-5-2-6-12-11(8)9/h1-6H,7H2,(H,13,14). The van der Waals surface area contributed by atoms with Gasteiger partial charge in [-0.05, 0) is 11.6 Å². The van der Waals surface area contributed by atoms with E-state index >= 15 is 0 Å². The minimum absolute atomic E-state index is 0.0222. The molecule has 70 valence electrons. The van der Waals surface area contributed by atoms with Gasteiger partial charge in [-0.2, -0.15) is 0 Å². The lowest BCUT2D eigenvalue weighted by Crippen LogP contribution is -2.01. The van der Waals surface area contributed by atoms with Crippen molar-refractivity contribution in [3.8, 4) is 0 Å². The topological polar surface area (TPSA) is 50.2 Å². The molecule has 0 unspecified atom stereocenters. The van der Waals surface area contributed by atoms with Gasteiger partial charge < -0.3 is 5.11 Å². The summed E-state index contributed by atoms with van der Waals surface area (Å²) in [7, 11) is 0. The van der Waals surface area contributed by atoms with Crippen LogP contribution in [0.4, 0.5) is 0 Å². The lowest BCUT2D eigenvalue weighted by Gasteiger charge is -2.01. The van der Waals surface area contributed by atoms with E-state index in [0.717, 1.165) is 16.5 Å². The molecule has 0 saturated heterocycles. The van der Waals surface area contributed by atoms with Crippen molar-refractivity contribution in [2.24, 2.45) is 0 Å². The van der Waals surface area contributed by atoms with Crippen molar-refractivity contribution in [1.29, 1.82) is 0 Å². The molecule has 1 aromatic heterocycles. The molecular formula is C11H9NO2. The summed E-state index contributed by atoms with van der Waals surface area (Å²) in [4.78, 5) is 14.8. The summed E-state index contributed by atoms with van der Waals surface area (Å²) >= 11 is 0. The Morgan fingerprint density at radius 2 is 2.07 bits per heavy atom. The van der Waals surface area contributed by atoms with E-state index in [9.17, 15) is 4.79 Å². The molecule has 0 aliphatic carbocycles. The summed E-state index contributed by atoms with van der Waals surface area (Å²) < 4.78 is 0. The minimum Gasteiger partial charge on any atom is -0.481 e. The van der Waals surface area contributed by atoms with Gasteiger partial charge in [-0.3, -0.25) is 9.78 Å². The van der Waals surface area contributed by atoms with Crippen molar-refractivity contribution in [3.05, 3.63) is 42.1 Å². The molecule has 0 fully saturated rings. The average molecular weight is 187 g/mol. The van der Waals surface area contributed by atoms with Crippen LogP contribution in [0.2, 0.25) is 0 Å². The molecular weight excluding hydrogens is 178 g/mol. The zero-order valence-corrected chi connectivity index (χ0v) is 7.47. The number of benzene rings is 1. The van der Waals surface area contributed by atoms with Crippen LogP contribution in [-0.4, -0.2) is 16.1 Å². The van der Waals surface area contributed by atoms with E-state index in [4.69, 9.17) is 5.11 Å². The number of carboxylic acids is 1. The van der Waals surface area contributed by atoms with Crippen molar-refractivity contribution in [1.82, 2.24) is 4.98 Å². The second kappa shape index (κ2) is 3.46. The number of para-hydroxylation sites is 1. The highest BCUT2D eigenvalue weighted by Gasteiger charge is 2.05. The zero-order valence-electron chi connectivity index (χ0n) is 7.47. The van der Waals surface area contributed by atoms with Gasteiger partial charge in [0, 0.05) is 11.6 Å². The molecule has 0 amide bonds. The largest absolute Gasteiger partial charge is 0.481 e. The van der Waals surface area contributed by atoms with Gasteiger partial charge in [-0.25, -0.2) is 0 Å². The average Bonchev–Trinajstić information content (AvgIpc) is 2.18. The van der Waals surface area contributed by atoms with Crippen LogP contribution in [0.15, 0.2) is 36.5 Å². The quantitative estimate of drug-likeness (QED) is 0.780. The van der Waals surface area contributed by atoms with Gasteiger partial charge in [0.1, 0.15) is 0 Å². The maximum Gasteiger partial charge on any atom is 0.307 e. The molecule has 2 rings (SSSR count). The van der Waals surface area contributed by atoms with Crippen LogP contribution in [0.3, 0.4) is 0 Å². The normalized spacial score (nSPS) is 10.3. The van der Waals surface area contributed by atoms with Gasteiger partial charge in [0.2, 0.25) is 0 Å². The van der Waals surface area contributed by atoms with E-state index in [0.29, 0.717) is 0 Å². The Kier molecular flexibility index (Phi) is 2.14. The van der Waals surface area contributed by atoms with Crippen molar-refractivity contribution in [2.75, 3.05) is 0 Å². The van der Waals surface area contributed by atoms with Gasteiger partial charge in [0.25, 0.3) is 0 Å². The third-order valence-electron chi connectivity index (χ3n) is 2.06. The summed E-state index contributed by atoms with van der Waals surface area (Å²) in [5.41, 5.74) is 1.54. The predicted octanol–water partition coefficient (Wildman–Crippen LogP) is 1.86. The van der Waals surface area contributed by atoms with Crippen molar-refractivity contribution >= 4 is 16.9 Å². The number of nitrogens with zero attached hydrogens (tertiary/aromatic N) is 1. The summed E-state index contributed by atoms with van der Waals surface area (Å²) in [5.74, 6) is -0.830. The molecule has 0 saturated carbocycles. The lowest BCUT2D eigenvalue weighted by atomic mass is 10.1. The smallest absolute Gasteiger partial charge is 0.307 e. The number of fused-ring (bicyclic) bond motifs is 1. The van der Waals surface area contributed by atoms with E-state index < -0.39 is 5.97 Å². The molecule has 0 aliphatic heterocycles. The Balaban J connectivity index is 2.59. The Hall–Kier alpha value is -1.90. The molecule has 0 bridgehead atoms. The van der Waals surface area contributed by atoms with Crippen LogP contribution in [-0.2, 0) is 11.2 Å². The third kappa shape index (κ3) is 1.57. The number of aromatic nitrogens is 1. The Morgan fingerprint density at radius 1 is 1.29 bits per heavy atom. The molecule has 14 heavy (non-hydrogen) atoms. The van der Waals surface area contributed by atoms with Gasteiger partial charge in [0.05, 0.1) is 11.9 Å². The number of carboxylic acid groups (broad SMARTS) is 1. The first kappa shape index (κ1) is 8.69. The van der Waals surface area contributed by atoms with Crippen molar-refractivity contribution < 1.29 is 9.90 Å². The second-order valence-electron chi connectivity index (χ2n) is 3.06. The van der Waals surface area contributed by atoms with E-state index in [-0.39, 0.29) is 6.42 Å². The van der Waals surface area contributed by atoms with Gasteiger partial charge >= 0.3 is 5.97 Å². The van der Waals surface area contributed by atoms with Crippen molar-refractivity contribution in [2.45, 2.75) is 6.42 Å². The maximum atomic E-state index is 10.6. The molecule has 1 N–H and O–H groups in total. The fraction of sp³-hybridized carbons (Fsp3) is 0.0909. The monoisotopic (exact) mass is 187 g/mol. The highest BCUT2D eigenvalue weighted by Crippen LogP contribution is 2.16. The van der Waals surface area contributed by atoms with Crippen LogP contribution >= 0.6 is 0 Å². The highest BCUT2D eigenvalue weighted by molar-refractivity contribution is 5.85. The molecule has 1 heterocycles. The summed E-state index contributed by atoms with van der Waals surface area (Å²) in [6.07, 6.45) is 1.70. The SMILES string of the molecule is O=C(O)Cc1cccc2cccnc12. The van der Waals surface area contributed by atoms with Gasteiger partial charge in [-0.15, -0.1) is 0 Å². The number of rotatable bonds is 2. The van der Waals surface area contributed by atoms with Crippen LogP contribution in [0.5, 0.6) is 0 Å². The number of carbonyl (C=O) groups is 1. The van der Waals surface area contributed by atoms with Gasteiger partial charge in [0.15, 0.2) is 0 Å². The van der Waals surface area contributed by atoms with Crippen molar-refractivity contribution in [3.63, 3.8) is 0 Å². The predicted molar refractivity (Wildman–Crippen MR) is 53.1 cm³/mol. The number of pyridine rings is 1. The molecule has 0 aliphatic rings. The molecule has 2 aromatic rings. The molecule has 0 radical (unpaired) electrons. The van der Waals surface area contributed by atoms with Gasteiger partial charge in [-0.1, -0.05) is 24.3 Å². The second-order valence-corrected chi connectivity index (χ2v) is 3.06. The Bertz CT molecular complexity index is 474. The summed E-state index contributed by atoms with van der Waals surface area (Å²) in [6, 6.07) is 9.33. The van der Waals surface area contributed by atoms with E-state index in [1.165, 1.54) is 0 Å². The summed E-state index contributed by atoms with van der Waals surface area (Å²) in [6.45, 7) is 0. The van der Waals surface area contributed by atoms with Crippen LogP contribution < -0.4 is 0 Å². The zero-order chi connectivity index (χ0) is 9.97. The number of hydrogen-bond acceptors (Lipinski definition) is 2. The van der Waals surface area contributed by atoms with E-state index in [1.807, 2.05) is 24.3 Å². The first-order valence-corrected chi connectivity index (χ1v) is 4.32. The molecule has 3 nitrogen and oxygen atoms in total. The number of aliphatic carboxylic acids is 1. The maximum absolute atomic E-state index is 10.6. The summed E-state index contributed by atoms with van der Waals surface area (Å²) in [5, 5.41) is 9.68. The fourth-order valence-electron chi connectivity index (χ4n) is 1.47. The molecule has 0 spiro atoms. The Labute approximate surface area is 81.0 Å². The molecule has 1 aromatic carbocycles. The first-order valence-electron chi connectivity index (χ1n) is 4.32. The van der Waals surface area contributed by atoms with Crippen LogP contribution in [0, 0.1) is 0 Å². The third-order valence-corrected chi connectivity index (χ3v) is 2.06.